The number of amides is 3. The number of anilines is 1. The molecular weight excluding hydrogens is 328 g/mol. The molecule has 6 heteroatoms. The SMILES string of the molecule is Cc1cccc(NC(=O)NC(=O)CN(C)C2CCN(C(C)C)CC2)c1C. The summed E-state index contributed by atoms with van der Waals surface area (Å²) in [5.41, 5.74) is 2.83. The van der Waals surface area contributed by atoms with Crippen molar-refractivity contribution in [1.82, 2.24) is 15.1 Å². The average molecular weight is 361 g/mol. The number of likely N-dealkylation sites (tertiary alicyclic amines) is 1. The van der Waals surface area contributed by atoms with Gasteiger partial charge in [0, 0.05) is 17.8 Å². The van der Waals surface area contributed by atoms with E-state index < -0.39 is 6.03 Å². The monoisotopic (exact) mass is 360 g/mol. The van der Waals surface area contributed by atoms with Crippen molar-refractivity contribution in [1.29, 1.82) is 0 Å². The molecular formula is C20H32N4O2. The number of likely N-dealkylation sites (N-methyl/N-ethyl adjacent to an activating group) is 1. The Morgan fingerprint density at radius 2 is 1.88 bits per heavy atom. The Kier molecular flexibility index (Phi) is 7.17. The van der Waals surface area contributed by atoms with Gasteiger partial charge in [0.25, 0.3) is 0 Å². The first-order valence-corrected chi connectivity index (χ1v) is 9.39. The lowest BCUT2D eigenvalue weighted by Gasteiger charge is -2.38. The molecule has 1 saturated heterocycles. The molecule has 0 saturated carbocycles. The minimum absolute atomic E-state index is 0.229. The maximum atomic E-state index is 12.2. The summed E-state index contributed by atoms with van der Waals surface area (Å²) in [6, 6.07) is 6.18. The molecule has 1 aliphatic rings. The van der Waals surface area contributed by atoms with Gasteiger partial charge in [0.05, 0.1) is 6.54 Å². The predicted octanol–water partition coefficient (Wildman–Crippen LogP) is 2.76. The van der Waals surface area contributed by atoms with Crippen molar-refractivity contribution in [3.63, 3.8) is 0 Å². The molecule has 0 unspecified atom stereocenters. The first-order chi connectivity index (χ1) is 12.3. The Hall–Kier alpha value is -1.92. The van der Waals surface area contributed by atoms with Gasteiger partial charge in [0.1, 0.15) is 0 Å². The summed E-state index contributed by atoms with van der Waals surface area (Å²) in [4.78, 5) is 28.8. The predicted molar refractivity (Wildman–Crippen MR) is 105 cm³/mol. The van der Waals surface area contributed by atoms with Gasteiger partial charge in [0.15, 0.2) is 0 Å². The summed E-state index contributed by atoms with van der Waals surface area (Å²) in [7, 11) is 1.96. The van der Waals surface area contributed by atoms with E-state index >= 15 is 0 Å². The van der Waals surface area contributed by atoms with Crippen LogP contribution in [-0.2, 0) is 4.79 Å². The molecule has 0 aliphatic carbocycles. The lowest BCUT2D eigenvalue weighted by molar-refractivity contribution is -0.121. The molecule has 2 N–H and O–H groups in total. The van der Waals surface area contributed by atoms with Crippen molar-refractivity contribution in [2.24, 2.45) is 0 Å². The van der Waals surface area contributed by atoms with Crippen molar-refractivity contribution in [2.45, 2.75) is 52.6 Å². The fraction of sp³-hybridized carbons (Fsp3) is 0.600. The van der Waals surface area contributed by atoms with Crippen molar-refractivity contribution >= 4 is 17.6 Å². The zero-order chi connectivity index (χ0) is 19.3. The molecule has 0 radical (unpaired) electrons. The van der Waals surface area contributed by atoms with E-state index in [9.17, 15) is 9.59 Å². The molecule has 1 heterocycles. The molecule has 1 aromatic rings. The van der Waals surface area contributed by atoms with Gasteiger partial charge < -0.3 is 10.2 Å². The number of imide groups is 1. The quantitative estimate of drug-likeness (QED) is 0.847. The number of nitrogens with zero attached hydrogens (tertiary/aromatic N) is 2. The summed E-state index contributed by atoms with van der Waals surface area (Å²) < 4.78 is 0. The van der Waals surface area contributed by atoms with Crippen LogP contribution in [0.3, 0.4) is 0 Å². The summed E-state index contributed by atoms with van der Waals surface area (Å²) in [5.74, 6) is -0.276. The van der Waals surface area contributed by atoms with Crippen LogP contribution in [0.15, 0.2) is 18.2 Å². The van der Waals surface area contributed by atoms with Gasteiger partial charge in [-0.1, -0.05) is 12.1 Å². The van der Waals surface area contributed by atoms with Crippen molar-refractivity contribution < 1.29 is 9.59 Å². The lowest BCUT2D eigenvalue weighted by atomic mass is 10.0. The molecule has 6 nitrogen and oxygen atoms in total. The van der Waals surface area contributed by atoms with Gasteiger partial charge in [-0.2, -0.15) is 0 Å². The fourth-order valence-corrected chi connectivity index (χ4v) is 3.40. The Morgan fingerprint density at radius 3 is 2.50 bits per heavy atom. The fourth-order valence-electron chi connectivity index (χ4n) is 3.40. The van der Waals surface area contributed by atoms with Crippen LogP contribution in [0.1, 0.15) is 37.8 Å². The Morgan fingerprint density at radius 1 is 1.23 bits per heavy atom. The van der Waals surface area contributed by atoms with Gasteiger partial charge in [-0.05, 0) is 77.9 Å². The van der Waals surface area contributed by atoms with Gasteiger partial charge in [-0.3, -0.25) is 15.0 Å². The van der Waals surface area contributed by atoms with Crippen LogP contribution < -0.4 is 10.6 Å². The van der Waals surface area contributed by atoms with E-state index in [1.165, 1.54) is 0 Å². The molecule has 0 aromatic heterocycles. The standard InChI is InChI=1S/C20H32N4O2/c1-14(2)24-11-9-17(10-12-24)23(5)13-19(25)22-20(26)21-18-8-6-7-15(3)16(18)4/h6-8,14,17H,9-13H2,1-5H3,(H2,21,22,25,26). The van der Waals surface area contributed by atoms with Crippen LogP contribution in [0.25, 0.3) is 0 Å². The smallest absolute Gasteiger partial charge is 0.307 e. The van der Waals surface area contributed by atoms with Crippen LogP contribution >= 0.6 is 0 Å². The number of hydrogen-bond donors (Lipinski definition) is 2. The molecule has 0 bridgehead atoms. The number of rotatable bonds is 5. The van der Waals surface area contributed by atoms with Crippen LogP contribution in [0.5, 0.6) is 0 Å². The van der Waals surface area contributed by atoms with Gasteiger partial charge in [-0.25, -0.2) is 4.79 Å². The van der Waals surface area contributed by atoms with E-state index in [-0.39, 0.29) is 12.5 Å². The zero-order valence-electron chi connectivity index (χ0n) is 16.6. The molecule has 1 aliphatic heterocycles. The Balaban J connectivity index is 1.79. The van der Waals surface area contributed by atoms with Crippen LogP contribution in [0.4, 0.5) is 10.5 Å². The third-order valence-corrected chi connectivity index (χ3v) is 5.35. The second kappa shape index (κ2) is 9.14. The zero-order valence-corrected chi connectivity index (χ0v) is 16.6. The van der Waals surface area contributed by atoms with E-state index in [1.807, 2.05) is 39.1 Å². The number of urea groups is 1. The van der Waals surface area contributed by atoms with Crippen LogP contribution in [-0.4, -0.2) is 60.5 Å². The van der Waals surface area contributed by atoms with E-state index in [2.05, 4.69) is 34.3 Å². The minimum atomic E-state index is -0.480. The summed E-state index contributed by atoms with van der Waals surface area (Å²) in [6.45, 7) is 10.7. The van der Waals surface area contributed by atoms with Gasteiger partial charge >= 0.3 is 6.03 Å². The van der Waals surface area contributed by atoms with E-state index in [1.54, 1.807) is 0 Å². The third kappa shape index (κ3) is 5.54. The number of nitrogens with one attached hydrogen (secondary N) is 2. The average Bonchev–Trinajstić information content (AvgIpc) is 2.58. The number of benzene rings is 1. The molecule has 2 rings (SSSR count). The Labute approximate surface area is 156 Å². The molecule has 144 valence electrons. The second-order valence-corrected chi connectivity index (χ2v) is 7.53. The summed E-state index contributed by atoms with van der Waals surface area (Å²) >= 11 is 0. The van der Waals surface area contributed by atoms with Crippen molar-refractivity contribution in [3.8, 4) is 0 Å². The normalized spacial score (nSPS) is 16.1. The van der Waals surface area contributed by atoms with E-state index in [0.29, 0.717) is 12.1 Å². The molecule has 0 spiro atoms. The first kappa shape index (κ1) is 20.4. The Bertz CT molecular complexity index is 637. The summed E-state index contributed by atoms with van der Waals surface area (Å²) in [6.07, 6.45) is 2.10. The molecule has 3 amide bonds. The highest BCUT2D eigenvalue weighted by Crippen LogP contribution is 2.18. The van der Waals surface area contributed by atoms with Gasteiger partial charge in [0.2, 0.25) is 5.91 Å². The lowest BCUT2D eigenvalue weighted by Crippen LogP contribution is -2.49. The third-order valence-electron chi connectivity index (χ3n) is 5.35. The molecule has 0 atom stereocenters. The highest BCUT2D eigenvalue weighted by atomic mass is 16.2. The summed E-state index contributed by atoms with van der Waals surface area (Å²) in [5, 5.41) is 5.19. The topological polar surface area (TPSA) is 64.7 Å². The van der Waals surface area contributed by atoms with Gasteiger partial charge in [-0.15, -0.1) is 0 Å². The number of piperidine rings is 1. The highest BCUT2D eigenvalue weighted by Gasteiger charge is 2.25. The van der Waals surface area contributed by atoms with Crippen molar-refractivity contribution in [3.05, 3.63) is 29.3 Å². The number of hydrogen-bond acceptors (Lipinski definition) is 4. The molecule has 26 heavy (non-hydrogen) atoms. The van der Waals surface area contributed by atoms with Crippen molar-refractivity contribution in [2.75, 3.05) is 32.0 Å². The van der Waals surface area contributed by atoms with E-state index in [4.69, 9.17) is 0 Å². The highest BCUT2D eigenvalue weighted by molar-refractivity contribution is 6.02. The maximum absolute atomic E-state index is 12.2. The van der Waals surface area contributed by atoms with Crippen LogP contribution in [0, 0.1) is 13.8 Å². The molecule has 1 aromatic carbocycles. The van der Waals surface area contributed by atoms with Crippen LogP contribution in [0.2, 0.25) is 0 Å². The minimum Gasteiger partial charge on any atom is -0.307 e. The first-order valence-electron chi connectivity index (χ1n) is 9.39. The number of carbonyl (C=O) groups is 2. The second-order valence-electron chi connectivity index (χ2n) is 7.53. The number of carbonyl (C=O) groups excluding carboxylic acids is 2. The number of aryl methyl sites for hydroxylation is 1. The maximum Gasteiger partial charge on any atom is 0.325 e. The largest absolute Gasteiger partial charge is 0.325 e. The van der Waals surface area contributed by atoms with E-state index in [0.717, 1.165) is 42.7 Å². The molecule has 1 fully saturated rings.